The molecule has 0 spiro atoms. The van der Waals surface area contributed by atoms with Crippen molar-refractivity contribution in [3.63, 3.8) is 0 Å². The molecule has 1 rings (SSSR count). The summed E-state index contributed by atoms with van der Waals surface area (Å²) in [7, 11) is 0. The van der Waals surface area contributed by atoms with Crippen LogP contribution in [0, 0.1) is 0 Å². The van der Waals surface area contributed by atoms with Gasteiger partial charge >= 0.3 is 0 Å². The third-order valence-electron chi connectivity index (χ3n) is 1.77. The molecule has 0 aliphatic carbocycles. The highest BCUT2D eigenvalue weighted by atomic mass is 79.9. The Morgan fingerprint density at radius 1 is 1.15 bits per heavy atom. The molecule has 3 heteroatoms. The summed E-state index contributed by atoms with van der Waals surface area (Å²) >= 11 is 12.7. The fourth-order valence-electron chi connectivity index (χ4n) is 1.21. The Morgan fingerprint density at radius 2 is 1.85 bits per heavy atom. The van der Waals surface area contributed by atoms with E-state index in [1.54, 1.807) is 0 Å². The maximum atomic E-state index is 5.77. The Morgan fingerprint density at radius 3 is 2.46 bits per heavy atom. The Bertz CT molecular complexity index is 274. The molecule has 0 saturated carbocycles. The molecule has 0 amide bonds. The first-order chi connectivity index (χ1) is 6.26. The minimum Gasteiger partial charge on any atom is -0.122 e. The molecule has 0 nitrogen and oxygen atoms in total. The number of hydrogen-bond acceptors (Lipinski definition) is 0. The van der Waals surface area contributed by atoms with Crippen molar-refractivity contribution in [1.82, 2.24) is 0 Å². The molecule has 13 heavy (non-hydrogen) atoms. The highest BCUT2D eigenvalue weighted by Gasteiger charge is 1.98. The fraction of sp³-hybridized carbons (Fsp3) is 0.400. The van der Waals surface area contributed by atoms with Gasteiger partial charge < -0.3 is 0 Å². The average molecular weight is 326 g/mol. The van der Waals surface area contributed by atoms with Gasteiger partial charge in [0.25, 0.3) is 0 Å². The Balaban J connectivity index is 2.76. The van der Waals surface area contributed by atoms with Gasteiger partial charge in [0.2, 0.25) is 0 Å². The van der Waals surface area contributed by atoms with Crippen molar-refractivity contribution in [2.24, 2.45) is 0 Å². The van der Waals surface area contributed by atoms with Crippen molar-refractivity contribution in [3.8, 4) is 0 Å². The van der Waals surface area contributed by atoms with E-state index in [4.69, 9.17) is 11.6 Å². The molecular formula is C10H11Br2Cl. The molecule has 0 heterocycles. The molecule has 1 aromatic rings. The number of benzene rings is 1. The first kappa shape index (κ1) is 11.5. The van der Waals surface area contributed by atoms with Gasteiger partial charge in [-0.3, -0.25) is 0 Å². The second kappa shape index (κ2) is 6.05. The molecule has 0 aromatic heterocycles. The van der Waals surface area contributed by atoms with Crippen LogP contribution in [0.3, 0.4) is 0 Å². The predicted molar refractivity (Wildman–Crippen MR) is 65.8 cm³/mol. The largest absolute Gasteiger partial charge is 0.122 e. The number of rotatable bonds is 4. The zero-order valence-corrected chi connectivity index (χ0v) is 11.1. The number of halogens is 3. The summed E-state index contributed by atoms with van der Waals surface area (Å²) in [6.07, 6.45) is 2.27. The first-order valence-electron chi connectivity index (χ1n) is 4.16. The SMILES string of the molecule is ClCc1cc(Br)cc(CCCBr)c1. The summed E-state index contributed by atoms with van der Waals surface area (Å²) in [5.41, 5.74) is 2.53. The highest BCUT2D eigenvalue weighted by molar-refractivity contribution is 9.10. The molecule has 0 bridgehead atoms. The van der Waals surface area contributed by atoms with Crippen molar-refractivity contribution in [3.05, 3.63) is 33.8 Å². The lowest BCUT2D eigenvalue weighted by Crippen LogP contribution is -1.88. The quantitative estimate of drug-likeness (QED) is 0.714. The van der Waals surface area contributed by atoms with Crippen LogP contribution in [0.5, 0.6) is 0 Å². The van der Waals surface area contributed by atoms with Crippen LogP contribution in [0.1, 0.15) is 17.5 Å². The zero-order chi connectivity index (χ0) is 9.68. The second-order valence-electron chi connectivity index (χ2n) is 2.89. The summed E-state index contributed by atoms with van der Waals surface area (Å²) in [4.78, 5) is 0. The molecule has 0 fully saturated rings. The second-order valence-corrected chi connectivity index (χ2v) is 4.87. The lowest BCUT2D eigenvalue weighted by molar-refractivity contribution is 0.936. The van der Waals surface area contributed by atoms with E-state index in [9.17, 15) is 0 Å². The lowest BCUT2D eigenvalue weighted by Gasteiger charge is -2.03. The minimum absolute atomic E-state index is 0.584. The molecule has 0 unspecified atom stereocenters. The maximum absolute atomic E-state index is 5.77. The zero-order valence-electron chi connectivity index (χ0n) is 7.19. The number of alkyl halides is 2. The van der Waals surface area contributed by atoms with Crippen LogP contribution < -0.4 is 0 Å². The molecular weight excluding hydrogens is 315 g/mol. The molecule has 0 saturated heterocycles. The average Bonchev–Trinajstić information content (AvgIpc) is 2.14. The van der Waals surface area contributed by atoms with Gasteiger partial charge in [0.15, 0.2) is 0 Å². The van der Waals surface area contributed by atoms with Crippen LogP contribution in [0.25, 0.3) is 0 Å². The monoisotopic (exact) mass is 324 g/mol. The van der Waals surface area contributed by atoms with Gasteiger partial charge in [-0.25, -0.2) is 0 Å². The van der Waals surface area contributed by atoms with E-state index in [-0.39, 0.29) is 0 Å². The van der Waals surface area contributed by atoms with Crippen LogP contribution in [0.2, 0.25) is 0 Å². The summed E-state index contributed by atoms with van der Waals surface area (Å²) < 4.78 is 1.12. The van der Waals surface area contributed by atoms with E-state index in [1.807, 2.05) is 0 Å². The first-order valence-corrected chi connectivity index (χ1v) is 6.61. The van der Waals surface area contributed by atoms with E-state index in [0.717, 1.165) is 22.6 Å². The minimum atomic E-state index is 0.584. The van der Waals surface area contributed by atoms with E-state index in [2.05, 4.69) is 50.1 Å². The van der Waals surface area contributed by atoms with Crippen LogP contribution in [0.15, 0.2) is 22.7 Å². The van der Waals surface area contributed by atoms with Gasteiger partial charge in [-0.2, -0.15) is 0 Å². The highest BCUT2D eigenvalue weighted by Crippen LogP contribution is 2.18. The van der Waals surface area contributed by atoms with Crippen molar-refractivity contribution in [2.45, 2.75) is 18.7 Å². The lowest BCUT2D eigenvalue weighted by atomic mass is 10.1. The Hall–Kier alpha value is 0.470. The van der Waals surface area contributed by atoms with Gasteiger partial charge in [-0.05, 0) is 36.1 Å². The van der Waals surface area contributed by atoms with Gasteiger partial charge in [0.1, 0.15) is 0 Å². The van der Waals surface area contributed by atoms with Crippen molar-refractivity contribution >= 4 is 43.5 Å². The van der Waals surface area contributed by atoms with E-state index < -0.39 is 0 Å². The van der Waals surface area contributed by atoms with Crippen molar-refractivity contribution in [2.75, 3.05) is 5.33 Å². The molecule has 72 valence electrons. The molecule has 0 aliphatic rings. The summed E-state index contributed by atoms with van der Waals surface area (Å²) in [6, 6.07) is 6.38. The fourth-order valence-corrected chi connectivity index (χ4v) is 2.23. The van der Waals surface area contributed by atoms with E-state index in [0.29, 0.717) is 5.88 Å². The third-order valence-corrected chi connectivity index (χ3v) is 3.10. The summed E-state index contributed by atoms with van der Waals surface area (Å²) in [6.45, 7) is 0. The van der Waals surface area contributed by atoms with Crippen molar-refractivity contribution < 1.29 is 0 Å². The number of hydrogen-bond donors (Lipinski definition) is 0. The predicted octanol–water partition coefficient (Wildman–Crippen LogP) is 4.52. The Kier molecular flexibility index (Phi) is 5.37. The third kappa shape index (κ3) is 4.01. The van der Waals surface area contributed by atoms with Gasteiger partial charge in [-0.15, -0.1) is 11.6 Å². The van der Waals surface area contributed by atoms with Gasteiger partial charge in [-0.1, -0.05) is 37.9 Å². The van der Waals surface area contributed by atoms with Gasteiger partial charge in [0.05, 0.1) is 0 Å². The topological polar surface area (TPSA) is 0 Å². The molecule has 0 radical (unpaired) electrons. The van der Waals surface area contributed by atoms with E-state index >= 15 is 0 Å². The van der Waals surface area contributed by atoms with Crippen molar-refractivity contribution in [1.29, 1.82) is 0 Å². The number of aryl methyl sites for hydroxylation is 1. The molecule has 1 aromatic carbocycles. The van der Waals surface area contributed by atoms with Crippen LogP contribution in [-0.2, 0) is 12.3 Å². The Labute approximate surface area is 101 Å². The van der Waals surface area contributed by atoms with Crippen LogP contribution in [0.4, 0.5) is 0 Å². The molecule has 0 N–H and O–H groups in total. The molecule has 0 atom stereocenters. The summed E-state index contributed by atoms with van der Waals surface area (Å²) in [5.74, 6) is 0.584. The normalized spacial score (nSPS) is 10.4. The molecule has 0 aliphatic heterocycles. The smallest absolute Gasteiger partial charge is 0.0474 e. The standard InChI is InChI=1S/C10H11Br2Cl/c11-3-1-2-8-4-9(7-13)6-10(12)5-8/h4-6H,1-3,7H2. The van der Waals surface area contributed by atoms with Crippen LogP contribution in [-0.4, -0.2) is 5.33 Å². The van der Waals surface area contributed by atoms with E-state index in [1.165, 1.54) is 11.1 Å². The van der Waals surface area contributed by atoms with Crippen LogP contribution >= 0.6 is 43.5 Å². The van der Waals surface area contributed by atoms with Gasteiger partial charge in [0, 0.05) is 15.7 Å². The summed E-state index contributed by atoms with van der Waals surface area (Å²) in [5, 5.41) is 1.05. The maximum Gasteiger partial charge on any atom is 0.0474 e.